The van der Waals surface area contributed by atoms with Crippen LogP contribution in [0.25, 0.3) is 0 Å². The second-order valence-electron chi connectivity index (χ2n) is 7.74. The van der Waals surface area contributed by atoms with Gasteiger partial charge >= 0.3 is 0 Å². The summed E-state index contributed by atoms with van der Waals surface area (Å²) in [7, 11) is 0. The van der Waals surface area contributed by atoms with Gasteiger partial charge < -0.3 is 0 Å². The molecule has 4 unspecified atom stereocenters. The lowest BCUT2D eigenvalue weighted by molar-refractivity contribution is 0.259. The van der Waals surface area contributed by atoms with E-state index in [1.54, 1.807) is 51.4 Å². The molecule has 0 heteroatoms. The smallest absolute Gasteiger partial charge is 0.0352 e. The maximum atomic E-state index is 1.64. The third kappa shape index (κ3) is 1.87. The minimum absolute atomic E-state index is 1.13. The standard InChI is InChI=1S/C17H28/c1-2-4-12(5-3-1)8-13-9-16-14-6-7-15(11-14)17(16)10-13/h12-17H,1-11H2. The van der Waals surface area contributed by atoms with E-state index in [-0.39, 0.29) is 0 Å². The topological polar surface area (TPSA) is 0 Å². The van der Waals surface area contributed by atoms with Crippen LogP contribution < -0.4 is 0 Å². The van der Waals surface area contributed by atoms with E-state index in [0.717, 1.165) is 11.8 Å². The molecule has 0 nitrogen and oxygen atoms in total. The molecular weight excluding hydrogens is 204 g/mol. The molecule has 0 saturated heterocycles. The minimum Gasteiger partial charge on any atom is -0.0533 e. The lowest BCUT2D eigenvalue weighted by Gasteiger charge is -2.25. The first-order chi connectivity index (χ1) is 8.40. The van der Waals surface area contributed by atoms with Gasteiger partial charge in [0.05, 0.1) is 0 Å². The molecule has 0 heterocycles. The molecule has 0 radical (unpaired) electrons. The molecule has 4 aliphatic rings. The number of hydrogen-bond donors (Lipinski definition) is 0. The summed E-state index contributed by atoms with van der Waals surface area (Å²) in [5, 5.41) is 0. The largest absolute Gasteiger partial charge is 0.0533 e. The summed E-state index contributed by atoms with van der Waals surface area (Å²) < 4.78 is 0. The summed E-state index contributed by atoms with van der Waals surface area (Å²) in [5.74, 6) is 7.04. The molecule has 0 amide bonds. The average molecular weight is 232 g/mol. The Kier molecular flexibility index (Phi) is 2.74. The van der Waals surface area contributed by atoms with E-state index in [4.69, 9.17) is 0 Å². The molecule has 0 aromatic heterocycles. The summed E-state index contributed by atoms with van der Waals surface area (Å²) in [4.78, 5) is 0. The van der Waals surface area contributed by atoms with Crippen LogP contribution in [0.3, 0.4) is 0 Å². The Morgan fingerprint density at radius 3 is 1.88 bits per heavy atom. The lowest BCUT2D eigenvalue weighted by Crippen LogP contribution is -2.15. The third-order valence-corrected chi connectivity index (χ3v) is 6.88. The predicted octanol–water partition coefficient (Wildman–Crippen LogP) is 5.03. The second-order valence-corrected chi connectivity index (χ2v) is 7.74. The monoisotopic (exact) mass is 232 g/mol. The zero-order chi connectivity index (χ0) is 11.2. The van der Waals surface area contributed by atoms with Gasteiger partial charge in [-0.15, -0.1) is 0 Å². The van der Waals surface area contributed by atoms with E-state index in [1.807, 2.05) is 0 Å². The summed E-state index contributed by atoms with van der Waals surface area (Å²) in [6, 6.07) is 0. The van der Waals surface area contributed by atoms with Crippen molar-refractivity contribution in [2.24, 2.45) is 35.5 Å². The number of hydrogen-bond acceptors (Lipinski definition) is 0. The van der Waals surface area contributed by atoms with Gasteiger partial charge in [-0.05, 0) is 74.0 Å². The zero-order valence-corrected chi connectivity index (χ0v) is 11.2. The highest BCUT2D eigenvalue weighted by Crippen LogP contribution is 2.60. The normalized spacial score (nSPS) is 49.8. The van der Waals surface area contributed by atoms with Crippen LogP contribution >= 0.6 is 0 Å². The predicted molar refractivity (Wildman–Crippen MR) is 71.7 cm³/mol. The van der Waals surface area contributed by atoms with Gasteiger partial charge in [0.1, 0.15) is 0 Å². The second kappa shape index (κ2) is 4.28. The van der Waals surface area contributed by atoms with Gasteiger partial charge in [0.2, 0.25) is 0 Å². The molecule has 2 bridgehead atoms. The van der Waals surface area contributed by atoms with Gasteiger partial charge in [-0.1, -0.05) is 32.1 Å². The van der Waals surface area contributed by atoms with Crippen molar-refractivity contribution in [1.82, 2.24) is 0 Å². The molecule has 4 saturated carbocycles. The van der Waals surface area contributed by atoms with Gasteiger partial charge in [0, 0.05) is 0 Å². The fourth-order valence-electron chi connectivity index (χ4n) is 6.22. The van der Waals surface area contributed by atoms with Crippen molar-refractivity contribution in [3.63, 3.8) is 0 Å². The summed E-state index contributed by atoms with van der Waals surface area (Å²) in [5.41, 5.74) is 0. The van der Waals surface area contributed by atoms with Crippen LogP contribution in [0.5, 0.6) is 0 Å². The fraction of sp³-hybridized carbons (Fsp3) is 1.00. The fourth-order valence-corrected chi connectivity index (χ4v) is 6.22. The Bertz CT molecular complexity index is 258. The molecule has 0 spiro atoms. The van der Waals surface area contributed by atoms with Crippen LogP contribution in [0.1, 0.15) is 70.6 Å². The van der Waals surface area contributed by atoms with Gasteiger partial charge in [-0.25, -0.2) is 0 Å². The molecule has 4 atom stereocenters. The van der Waals surface area contributed by atoms with Crippen LogP contribution in [-0.4, -0.2) is 0 Å². The molecule has 4 aliphatic carbocycles. The molecule has 4 fully saturated rings. The molecular formula is C17H28. The van der Waals surface area contributed by atoms with Gasteiger partial charge in [0.15, 0.2) is 0 Å². The van der Waals surface area contributed by atoms with Crippen molar-refractivity contribution in [2.75, 3.05) is 0 Å². The van der Waals surface area contributed by atoms with E-state index in [2.05, 4.69) is 0 Å². The van der Waals surface area contributed by atoms with Crippen molar-refractivity contribution in [2.45, 2.75) is 70.6 Å². The zero-order valence-electron chi connectivity index (χ0n) is 11.2. The quantitative estimate of drug-likeness (QED) is 0.626. The Morgan fingerprint density at radius 1 is 0.588 bits per heavy atom. The molecule has 0 aromatic carbocycles. The molecule has 17 heavy (non-hydrogen) atoms. The van der Waals surface area contributed by atoms with Crippen molar-refractivity contribution in [1.29, 1.82) is 0 Å². The van der Waals surface area contributed by atoms with E-state index in [0.29, 0.717) is 0 Å². The van der Waals surface area contributed by atoms with Gasteiger partial charge in [-0.2, -0.15) is 0 Å². The number of fused-ring (bicyclic) bond motifs is 5. The molecule has 0 aromatic rings. The molecule has 0 N–H and O–H groups in total. The van der Waals surface area contributed by atoms with E-state index in [1.165, 1.54) is 42.9 Å². The van der Waals surface area contributed by atoms with Crippen LogP contribution in [0.15, 0.2) is 0 Å². The van der Waals surface area contributed by atoms with Crippen LogP contribution in [0.2, 0.25) is 0 Å². The van der Waals surface area contributed by atoms with E-state index < -0.39 is 0 Å². The minimum atomic E-state index is 1.13. The lowest BCUT2D eigenvalue weighted by atomic mass is 9.81. The summed E-state index contributed by atoms with van der Waals surface area (Å²) >= 11 is 0. The Hall–Kier alpha value is 0. The Morgan fingerprint density at radius 2 is 1.24 bits per heavy atom. The van der Waals surface area contributed by atoms with Crippen molar-refractivity contribution < 1.29 is 0 Å². The first kappa shape index (κ1) is 10.9. The van der Waals surface area contributed by atoms with E-state index >= 15 is 0 Å². The molecule has 96 valence electrons. The van der Waals surface area contributed by atoms with Crippen molar-refractivity contribution in [3.8, 4) is 0 Å². The van der Waals surface area contributed by atoms with Crippen molar-refractivity contribution in [3.05, 3.63) is 0 Å². The van der Waals surface area contributed by atoms with Gasteiger partial charge in [0.25, 0.3) is 0 Å². The molecule has 0 aliphatic heterocycles. The van der Waals surface area contributed by atoms with Gasteiger partial charge in [-0.3, -0.25) is 0 Å². The van der Waals surface area contributed by atoms with Crippen LogP contribution in [0.4, 0.5) is 0 Å². The maximum absolute atomic E-state index is 1.64. The molecule has 4 rings (SSSR count). The van der Waals surface area contributed by atoms with Crippen LogP contribution in [-0.2, 0) is 0 Å². The average Bonchev–Trinajstić information content (AvgIpc) is 3.00. The maximum Gasteiger partial charge on any atom is -0.0352 e. The summed E-state index contributed by atoms with van der Waals surface area (Å²) in [6.45, 7) is 0. The first-order valence-electron chi connectivity index (χ1n) is 8.40. The Labute approximate surface area is 107 Å². The highest BCUT2D eigenvalue weighted by atomic mass is 14.6. The SMILES string of the molecule is C1CCC(CC2CC3C4CCC(C4)C3C2)CC1. The van der Waals surface area contributed by atoms with E-state index in [9.17, 15) is 0 Å². The highest BCUT2D eigenvalue weighted by molar-refractivity contribution is 5.01. The Balaban J connectivity index is 1.35. The highest BCUT2D eigenvalue weighted by Gasteiger charge is 2.51. The summed E-state index contributed by atoms with van der Waals surface area (Å²) in [6.07, 6.45) is 17.5. The number of rotatable bonds is 2. The van der Waals surface area contributed by atoms with Crippen molar-refractivity contribution >= 4 is 0 Å². The van der Waals surface area contributed by atoms with Crippen LogP contribution in [0, 0.1) is 35.5 Å². The third-order valence-electron chi connectivity index (χ3n) is 6.88. The first-order valence-corrected chi connectivity index (χ1v) is 8.40.